The van der Waals surface area contributed by atoms with Gasteiger partial charge in [-0.2, -0.15) is 13.2 Å². The van der Waals surface area contributed by atoms with E-state index < -0.39 is 11.7 Å². The van der Waals surface area contributed by atoms with Crippen LogP contribution in [0.15, 0.2) is 67.3 Å². The van der Waals surface area contributed by atoms with Gasteiger partial charge in [0.15, 0.2) is 0 Å². The van der Waals surface area contributed by atoms with Gasteiger partial charge in [0.05, 0.1) is 11.9 Å². The van der Waals surface area contributed by atoms with Crippen molar-refractivity contribution in [3.63, 3.8) is 0 Å². The van der Waals surface area contributed by atoms with Gasteiger partial charge in [0.2, 0.25) is 5.91 Å². The van der Waals surface area contributed by atoms with Crippen LogP contribution in [0.25, 0.3) is 0 Å². The van der Waals surface area contributed by atoms with E-state index in [-0.39, 0.29) is 36.4 Å². The largest absolute Gasteiger partial charge is 0.416 e. The fraction of sp³-hybridized carbons (Fsp3) is 0.292. The lowest BCUT2D eigenvalue weighted by Gasteiger charge is -2.25. The van der Waals surface area contributed by atoms with Gasteiger partial charge in [0.1, 0.15) is 0 Å². The van der Waals surface area contributed by atoms with E-state index in [2.05, 4.69) is 10.3 Å². The molecule has 6 nitrogen and oxygen atoms in total. The number of amides is 2. The number of nitrogens with zero attached hydrogens (tertiary/aromatic N) is 3. The Hall–Kier alpha value is -3.62. The molecule has 1 heterocycles. The molecule has 0 unspecified atom stereocenters. The number of carbonyl (C=O) groups is 2. The molecular formula is C24H23F3N4O2. The molecule has 172 valence electrons. The molecule has 0 spiro atoms. The molecule has 3 aromatic rings. The summed E-state index contributed by atoms with van der Waals surface area (Å²) >= 11 is 0. The zero-order chi connectivity index (χ0) is 23.4. The maximum atomic E-state index is 13.4. The van der Waals surface area contributed by atoms with Crippen molar-refractivity contribution in [2.45, 2.75) is 44.6 Å². The summed E-state index contributed by atoms with van der Waals surface area (Å²) in [5.74, 6) is -0.574. The van der Waals surface area contributed by atoms with E-state index in [4.69, 9.17) is 0 Å². The first-order valence-corrected chi connectivity index (χ1v) is 10.6. The molecule has 0 aliphatic heterocycles. The topological polar surface area (TPSA) is 67.2 Å². The fourth-order valence-corrected chi connectivity index (χ4v) is 3.64. The van der Waals surface area contributed by atoms with Crippen LogP contribution in [0.3, 0.4) is 0 Å². The average molecular weight is 456 g/mol. The van der Waals surface area contributed by atoms with Crippen molar-refractivity contribution in [3.05, 3.63) is 83.9 Å². The standard InChI is InChI=1S/C24H23F3N4O2/c25-24(26,27)21-7-2-1-4-18(21)15-31(20-8-9-20)23(33)17-5-3-6-19(14-17)29-22(32)10-12-30-13-11-28-16-30/h1-7,11,13-14,16,20H,8-10,12,15H2,(H,29,32). The van der Waals surface area contributed by atoms with Crippen LogP contribution in [0.2, 0.25) is 0 Å². The Kier molecular flexibility index (Phi) is 6.48. The molecule has 0 bridgehead atoms. The molecule has 2 aromatic carbocycles. The van der Waals surface area contributed by atoms with Crippen molar-refractivity contribution in [1.82, 2.24) is 14.5 Å². The minimum Gasteiger partial charge on any atom is -0.337 e. The van der Waals surface area contributed by atoms with Crippen LogP contribution in [0, 0.1) is 0 Å². The molecule has 1 aliphatic rings. The average Bonchev–Trinajstić information content (AvgIpc) is 3.49. The lowest BCUT2D eigenvalue weighted by Crippen LogP contribution is -2.33. The molecule has 1 saturated carbocycles. The van der Waals surface area contributed by atoms with Crippen LogP contribution in [0.4, 0.5) is 18.9 Å². The second-order valence-electron chi connectivity index (χ2n) is 8.00. The molecule has 0 radical (unpaired) electrons. The molecule has 9 heteroatoms. The first-order chi connectivity index (χ1) is 15.8. The number of halogens is 3. The van der Waals surface area contributed by atoms with E-state index in [1.807, 2.05) is 0 Å². The van der Waals surface area contributed by atoms with Gasteiger partial charge >= 0.3 is 6.18 Å². The zero-order valence-electron chi connectivity index (χ0n) is 17.8. The van der Waals surface area contributed by atoms with Crippen molar-refractivity contribution in [3.8, 4) is 0 Å². The number of benzene rings is 2. The number of hydrogen-bond donors (Lipinski definition) is 1. The maximum Gasteiger partial charge on any atom is 0.416 e. The second-order valence-corrected chi connectivity index (χ2v) is 8.00. The molecule has 0 atom stereocenters. The number of imidazole rings is 1. The van der Waals surface area contributed by atoms with Gasteiger partial charge in [0.25, 0.3) is 5.91 Å². The van der Waals surface area contributed by atoms with E-state index in [1.54, 1.807) is 53.6 Å². The van der Waals surface area contributed by atoms with E-state index >= 15 is 0 Å². The van der Waals surface area contributed by atoms with Gasteiger partial charge < -0.3 is 14.8 Å². The maximum absolute atomic E-state index is 13.4. The Morgan fingerprint density at radius 2 is 1.91 bits per heavy atom. The molecule has 4 rings (SSSR count). The smallest absolute Gasteiger partial charge is 0.337 e. The highest BCUT2D eigenvalue weighted by Gasteiger charge is 2.37. The number of aromatic nitrogens is 2. The van der Waals surface area contributed by atoms with Crippen molar-refractivity contribution in [2.75, 3.05) is 5.32 Å². The number of carbonyl (C=O) groups excluding carboxylic acids is 2. The first-order valence-electron chi connectivity index (χ1n) is 10.6. The van der Waals surface area contributed by atoms with Gasteiger partial charge in [-0.15, -0.1) is 0 Å². The third-order valence-electron chi connectivity index (χ3n) is 5.46. The van der Waals surface area contributed by atoms with Crippen LogP contribution in [0.1, 0.15) is 40.7 Å². The third-order valence-corrected chi connectivity index (χ3v) is 5.46. The van der Waals surface area contributed by atoms with Crippen LogP contribution < -0.4 is 5.32 Å². The third kappa shape index (κ3) is 5.79. The Morgan fingerprint density at radius 3 is 2.61 bits per heavy atom. The predicted octanol–water partition coefficient (Wildman–Crippen LogP) is 4.74. The lowest BCUT2D eigenvalue weighted by atomic mass is 10.1. The Labute approximate surface area is 189 Å². The summed E-state index contributed by atoms with van der Waals surface area (Å²) in [5.41, 5.74) is 0.110. The minimum atomic E-state index is -4.49. The molecule has 1 fully saturated rings. The molecule has 1 N–H and O–H groups in total. The Morgan fingerprint density at radius 1 is 1.12 bits per heavy atom. The summed E-state index contributed by atoms with van der Waals surface area (Å²) in [7, 11) is 0. The normalized spacial score (nSPS) is 13.5. The molecule has 2 amide bonds. The van der Waals surface area contributed by atoms with Gasteiger partial charge in [-0.05, 0) is 42.7 Å². The minimum absolute atomic E-state index is 0.0641. The zero-order valence-corrected chi connectivity index (χ0v) is 17.8. The van der Waals surface area contributed by atoms with Gasteiger partial charge in [0, 0.05) is 49.2 Å². The van der Waals surface area contributed by atoms with E-state index in [9.17, 15) is 22.8 Å². The number of anilines is 1. The molecule has 1 aliphatic carbocycles. The number of alkyl halides is 3. The van der Waals surface area contributed by atoms with Crippen LogP contribution in [0.5, 0.6) is 0 Å². The summed E-state index contributed by atoms with van der Waals surface area (Å²) in [4.78, 5) is 30.9. The van der Waals surface area contributed by atoms with E-state index in [0.717, 1.165) is 18.9 Å². The van der Waals surface area contributed by atoms with Crippen LogP contribution >= 0.6 is 0 Å². The van der Waals surface area contributed by atoms with Gasteiger partial charge in [-0.3, -0.25) is 9.59 Å². The summed E-state index contributed by atoms with van der Waals surface area (Å²) in [5, 5.41) is 2.77. The fourth-order valence-electron chi connectivity index (χ4n) is 3.64. The number of aryl methyl sites for hydroxylation is 1. The Balaban J connectivity index is 1.47. The highest BCUT2D eigenvalue weighted by atomic mass is 19.4. The summed E-state index contributed by atoms with van der Waals surface area (Å²) in [6, 6.07) is 11.7. The lowest BCUT2D eigenvalue weighted by molar-refractivity contribution is -0.138. The quantitative estimate of drug-likeness (QED) is 0.533. The van der Waals surface area contributed by atoms with Crippen molar-refractivity contribution < 1.29 is 22.8 Å². The molecule has 33 heavy (non-hydrogen) atoms. The SMILES string of the molecule is O=C(CCn1ccnc1)Nc1cccc(C(=O)N(Cc2ccccc2C(F)(F)F)C2CC2)c1. The highest BCUT2D eigenvalue weighted by Crippen LogP contribution is 2.35. The number of hydrogen-bond acceptors (Lipinski definition) is 3. The Bertz CT molecular complexity index is 1120. The van der Waals surface area contributed by atoms with Crippen LogP contribution in [-0.4, -0.2) is 32.3 Å². The van der Waals surface area contributed by atoms with Crippen molar-refractivity contribution >= 4 is 17.5 Å². The van der Waals surface area contributed by atoms with E-state index in [1.165, 1.54) is 17.0 Å². The second kappa shape index (κ2) is 9.48. The number of nitrogens with one attached hydrogen (secondary N) is 1. The number of rotatable bonds is 8. The molecular weight excluding hydrogens is 433 g/mol. The molecule has 1 aromatic heterocycles. The van der Waals surface area contributed by atoms with E-state index in [0.29, 0.717) is 17.8 Å². The van der Waals surface area contributed by atoms with Gasteiger partial charge in [-0.1, -0.05) is 24.3 Å². The van der Waals surface area contributed by atoms with Gasteiger partial charge in [-0.25, -0.2) is 4.98 Å². The predicted molar refractivity (Wildman–Crippen MR) is 116 cm³/mol. The monoisotopic (exact) mass is 456 g/mol. The first kappa shape index (κ1) is 22.6. The summed E-state index contributed by atoms with van der Waals surface area (Å²) < 4.78 is 42.0. The highest BCUT2D eigenvalue weighted by molar-refractivity contribution is 5.97. The van der Waals surface area contributed by atoms with Crippen LogP contribution in [-0.2, 0) is 24.1 Å². The molecule has 0 saturated heterocycles. The summed E-state index contributed by atoms with van der Waals surface area (Å²) in [6.07, 6.45) is 2.26. The van der Waals surface area contributed by atoms with Crippen molar-refractivity contribution in [2.24, 2.45) is 0 Å². The summed E-state index contributed by atoms with van der Waals surface area (Å²) in [6.45, 7) is 0.346. The van der Waals surface area contributed by atoms with Crippen molar-refractivity contribution in [1.29, 1.82) is 0 Å².